The predicted octanol–water partition coefficient (Wildman–Crippen LogP) is 17.7. The molecule has 0 aliphatic heterocycles. The van der Waals surface area contributed by atoms with E-state index < -0.39 is 5.41 Å². The van der Waals surface area contributed by atoms with Crippen molar-refractivity contribution in [3.8, 4) is 39.1 Å². The van der Waals surface area contributed by atoms with Gasteiger partial charge in [0.1, 0.15) is 0 Å². The van der Waals surface area contributed by atoms with Crippen LogP contribution in [0.2, 0.25) is 0 Å². The van der Waals surface area contributed by atoms with Crippen molar-refractivity contribution in [2.24, 2.45) is 0 Å². The summed E-state index contributed by atoms with van der Waals surface area (Å²) in [6, 6.07) is 100. The molecule has 70 heavy (non-hydrogen) atoms. The van der Waals surface area contributed by atoms with Gasteiger partial charge in [-0.1, -0.05) is 194 Å². The van der Waals surface area contributed by atoms with Gasteiger partial charge in [0.05, 0.1) is 27.8 Å². The Morgan fingerprint density at radius 3 is 1.56 bits per heavy atom. The van der Waals surface area contributed by atoms with Crippen LogP contribution in [0.5, 0.6) is 0 Å². The Kier molecular flexibility index (Phi) is 9.11. The number of anilines is 6. The van der Waals surface area contributed by atoms with Crippen molar-refractivity contribution in [2.75, 3.05) is 9.80 Å². The van der Waals surface area contributed by atoms with Crippen LogP contribution in [0.3, 0.4) is 0 Å². The zero-order valence-corrected chi connectivity index (χ0v) is 38.3. The van der Waals surface area contributed by atoms with Crippen LogP contribution in [0.1, 0.15) is 22.3 Å². The van der Waals surface area contributed by atoms with E-state index in [9.17, 15) is 0 Å². The van der Waals surface area contributed by atoms with Crippen molar-refractivity contribution in [2.45, 2.75) is 5.41 Å². The number of aromatic nitrogens is 1. The number of nitrogens with zero attached hydrogens (tertiary/aromatic N) is 3. The zero-order chi connectivity index (χ0) is 46.2. The Labute approximate surface area is 408 Å². The van der Waals surface area contributed by atoms with E-state index in [1.165, 1.54) is 71.9 Å². The van der Waals surface area contributed by atoms with E-state index in [0.717, 1.165) is 45.3 Å². The minimum absolute atomic E-state index is 0.652. The molecular formula is C67H45N3. The number of benzene rings is 11. The number of hydrogen-bond acceptors (Lipinski definition) is 2. The first-order chi connectivity index (χ1) is 34.8. The number of fused-ring (bicyclic) bond motifs is 13. The van der Waals surface area contributed by atoms with E-state index in [0.29, 0.717) is 0 Å². The van der Waals surface area contributed by atoms with E-state index in [-0.39, 0.29) is 0 Å². The highest BCUT2D eigenvalue weighted by Crippen LogP contribution is 2.67. The average molecular weight is 892 g/mol. The molecule has 0 radical (unpaired) electrons. The van der Waals surface area contributed by atoms with Gasteiger partial charge in [0.15, 0.2) is 0 Å². The third-order valence-electron chi connectivity index (χ3n) is 14.7. The lowest BCUT2D eigenvalue weighted by Gasteiger charge is -2.36. The highest BCUT2D eigenvalue weighted by Gasteiger charge is 2.54. The molecule has 1 atom stereocenters. The van der Waals surface area contributed by atoms with Gasteiger partial charge in [0.25, 0.3) is 0 Å². The smallest absolute Gasteiger partial charge is 0.0746 e. The summed E-state index contributed by atoms with van der Waals surface area (Å²) < 4.78 is 2.42. The number of hydrogen-bond donors (Lipinski definition) is 0. The summed E-state index contributed by atoms with van der Waals surface area (Å²) in [5, 5.41) is 2.46. The molecule has 12 aromatic rings. The molecule has 2 aliphatic carbocycles. The van der Waals surface area contributed by atoms with Crippen molar-refractivity contribution in [1.82, 2.24) is 4.57 Å². The molecule has 1 spiro atoms. The zero-order valence-electron chi connectivity index (χ0n) is 38.3. The maximum Gasteiger partial charge on any atom is 0.0746 e. The molecule has 1 unspecified atom stereocenters. The van der Waals surface area contributed by atoms with Gasteiger partial charge in [-0.3, -0.25) is 0 Å². The third kappa shape index (κ3) is 5.88. The molecule has 0 amide bonds. The summed E-state index contributed by atoms with van der Waals surface area (Å²) in [4.78, 5) is 4.97. The largest absolute Gasteiger partial charge is 0.310 e. The van der Waals surface area contributed by atoms with Gasteiger partial charge in [-0.15, -0.1) is 0 Å². The second-order valence-electron chi connectivity index (χ2n) is 18.4. The monoisotopic (exact) mass is 891 g/mol. The molecule has 1 heterocycles. The van der Waals surface area contributed by atoms with Gasteiger partial charge in [-0.25, -0.2) is 0 Å². The number of para-hydroxylation sites is 4. The van der Waals surface area contributed by atoms with E-state index in [1.807, 2.05) is 0 Å². The van der Waals surface area contributed by atoms with E-state index >= 15 is 0 Å². The average Bonchev–Trinajstić information content (AvgIpc) is 4.05. The van der Waals surface area contributed by atoms with Crippen molar-refractivity contribution in [3.63, 3.8) is 0 Å². The van der Waals surface area contributed by atoms with Crippen LogP contribution < -0.4 is 9.80 Å². The van der Waals surface area contributed by atoms with Crippen molar-refractivity contribution in [1.29, 1.82) is 0 Å². The fourth-order valence-corrected chi connectivity index (χ4v) is 12.0. The quantitative estimate of drug-likeness (QED) is 0.151. The molecule has 0 fully saturated rings. The molecule has 0 N–H and O–H groups in total. The highest BCUT2D eigenvalue weighted by molar-refractivity contribution is 6.11. The van der Waals surface area contributed by atoms with Crippen LogP contribution in [0.25, 0.3) is 60.9 Å². The van der Waals surface area contributed by atoms with E-state index in [2.05, 4.69) is 287 Å². The minimum atomic E-state index is -0.652. The van der Waals surface area contributed by atoms with Gasteiger partial charge in [-0.05, 0) is 123 Å². The molecule has 328 valence electrons. The first kappa shape index (κ1) is 39.9. The molecule has 2 aliphatic rings. The molecule has 14 rings (SSSR count). The lowest BCUT2D eigenvalue weighted by atomic mass is 9.70. The standard InChI is InChI=1S/C67H45N3/c1-5-22-46(23-6-1)47-24-19-31-51(44-47)69(49-27-9-3-10-28-49)63-41-20-35-56-53-32-13-16-36-58(53)67(66(56)63)59-37-17-14-34-57(59)65-60(67)38-21-40-62(65)68(48-25-7-2-8-26-48)52-42-43-55-54-33-15-18-39-61(54)70(64(55)45-52)50-29-11-4-12-30-50/h1-45H. The van der Waals surface area contributed by atoms with E-state index in [4.69, 9.17) is 0 Å². The topological polar surface area (TPSA) is 11.4 Å². The minimum Gasteiger partial charge on any atom is -0.310 e. The van der Waals surface area contributed by atoms with Crippen molar-refractivity contribution in [3.05, 3.63) is 295 Å². The maximum absolute atomic E-state index is 2.49. The molecule has 0 saturated carbocycles. The van der Waals surface area contributed by atoms with Gasteiger partial charge in [0.2, 0.25) is 0 Å². The summed E-state index contributed by atoms with van der Waals surface area (Å²) in [5.41, 5.74) is 22.0. The number of rotatable bonds is 8. The summed E-state index contributed by atoms with van der Waals surface area (Å²) in [6.45, 7) is 0. The molecule has 0 bridgehead atoms. The molecule has 3 heteroatoms. The molecule has 11 aromatic carbocycles. The van der Waals surface area contributed by atoms with Crippen LogP contribution >= 0.6 is 0 Å². The van der Waals surface area contributed by atoms with Crippen LogP contribution in [0.4, 0.5) is 34.1 Å². The SMILES string of the molecule is c1ccc(-c2cccc(N(c3ccccc3)c3cccc4c3C3(c5ccccc5-4)c4ccccc4-c4c(N(c5ccccc5)c5ccc6c7ccccc7n(-c7ccccc7)c6c5)cccc43)c2)cc1. The lowest BCUT2D eigenvalue weighted by Crippen LogP contribution is -2.28. The van der Waals surface area contributed by atoms with Gasteiger partial charge in [-0.2, -0.15) is 0 Å². The summed E-state index contributed by atoms with van der Waals surface area (Å²) in [7, 11) is 0. The second kappa shape index (κ2) is 16.0. The Morgan fingerprint density at radius 1 is 0.300 bits per heavy atom. The van der Waals surface area contributed by atoms with Crippen LogP contribution in [0.15, 0.2) is 273 Å². The van der Waals surface area contributed by atoms with Crippen LogP contribution in [0, 0.1) is 0 Å². The highest BCUT2D eigenvalue weighted by atomic mass is 15.2. The fraction of sp³-hybridized carbons (Fsp3) is 0.0149. The third-order valence-corrected chi connectivity index (χ3v) is 14.7. The van der Waals surface area contributed by atoms with Crippen LogP contribution in [-0.2, 0) is 5.41 Å². The summed E-state index contributed by atoms with van der Waals surface area (Å²) in [6.07, 6.45) is 0. The van der Waals surface area contributed by atoms with Gasteiger partial charge >= 0.3 is 0 Å². The Hall–Kier alpha value is -9.18. The Morgan fingerprint density at radius 2 is 0.800 bits per heavy atom. The second-order valence-corrected chi connectivity index (χ2v) is 18.4. The van der Waals surface area contributed by atoms with Crippen molar-refractivity contribution < 1.29 is 0 Å². The Bertz CT molecular complexity index is 3950. The summed E-state index contributed by atoms with van der Waals surface area (Å²) in [5.74, 6) is 0. The molecule has 0 saturated heterocycles. The van der Waals surface area contributed by atoms with Gasteiger partial charge in [0, 0.05) is 50.3 Å². The van der Waals surface area contributed by atoms with E-state index in [1.54, 1.807) is 0 Å². The normalized spacial score (nSPS) is 14.1. The lowest BCUT2D eigenvalue weighted by molar-refractivity contribution is 0.793. The fourth-order valence-electron chi connectivity index (χ4n) is 12.0. The molecule has 3 nitrogen and oxygen atoms in total. The van der Waals surface area contributed by atoms with Crippen LogP contribution in [-0.4, -0.2) is 4.57 Å². The predicted molar refractivity (Wildman–Crippen MR) is 292 cm³/mol. The first-order valence-electron chi connectivity index (χ1n) is 24.2. The molecular weight excluding hydrogens is 847 g/mol. The maximum atomic E-state index is 2.49. The summed E-state index contributed by atoms with van der Waals surface area (Å²) >= 11 is 0. The first-order valence-corrected chi connectivity index (χ1v) is 24.2. The molecule has 1 aromatic heterocycles. The van der Waals surface area contributed by atoms with Gasteiger partial charge < -0.3 is 14.4 Å². The van der Waals surface area contributed by atoms with Crippen molar-refractivity contribution >= 4 is 55.9 Å². The Balaban J connectivity index is 1.05.